The van der Waals surface area contributed by atoms with Crippen LogP contribution in [0.5, 0.6) is 11.5 Å². The smallest absolute Gasteiger partial charge is 0.220 e. The van der Waals surface area contributed by atoms with Crippen LogP contribution in [0.15, 0.2) is 42.5 Å². The molecule has 0 radical (unpaired) electrons. The minimum Gasteiger partial charge on any atom is -0.508 e. The molecule has 2 rings (SSSR count). The number of para-hydroxylation sites is 1. The highest BCUT2D eigenvalue weighted by Crippen LogP contribution is 2.26. The van der Waals surface area contributed by atoms with Crippen molar-refractivity contribution in [2.75, 3.05) is 7.11 Å². The molecular weight excluding hydrogens is 290 g/mol. The second kappa shape index (κ2) is 7.68. The van der Waals surface area contributed by atoms with E-state index in [0.29, 0.717) is 12.8 Å². The molecule has 0 heterocycles. The van der Waals surface area contributed by atoms with Crippen LogP contribution in [0.3, 0.4) is 0 Å². The molecule has 4 heteroatoms. The Labute approximate surface area is 137 Å². The maximum absolute atomic E-state index is 12.2. The molecule has 0 saturated carbocycles. The molecule has 0 saturated heterocycles. The quantitative estimate of drug-likeness (QED) is 0.858. The highest BCUT2D eigenvalue weighted by molar-refractivity contribution is 5.77. The molecule has 0 spiro atoms. The number of ether oxygens (including phenoxy) is 1. The van der Waals surface area contributed by atoms with Crippen LogP contribution in [-0.2, 0) is 11.2 Å². The molecule has 0 aliphatic heterocycles. The SMILES string of the molecule is COc1ccc(C)cc1C(C)NC(=O)CCc1ccccc1O. The fourth-order valence-electron chi connectivity index (χ4n) is 2.55. The Hall–Kier alpha value is -2.49. The third-order valence-corrected chi connectivity index (χ3v) is 3.84. The lowest BCUT2D eigenvalue weighted by atomic mass is 10.0. The number of carbonyl (C=O) groups is 1. The molecule has 1 amide bonds. The minimum atomic E-state index is -0.137. The lowest BCUT2D eigenvalue weighted by Gasteiger charge is -2.18. The molecule has 0 aliphatic carbocycles. The molecule has 122 valence electrons. The summed E-state index contributed by atoms with van der Waals surface area (Å²) in [5.41, 5.74) is 2.86. The first-order chi connectivity index (χ1) is 11.0. The van der Waals surface area contributed by atoms with Crippen LogP contribution in [-0.4, -0.2) is 18.1 Å². The van der Waals surface area contributed by atoms with Crippen LogP contribution < -0.4 is 10.1 Å². The number of amides is 1. The maximum Gasteiger partial charge on any atom is 0.220 e. The molecule has 0 aromatic heterocycles. The van der Waals surface area contributed by atoms with Gasteiger partial charge in [0.15, 0.2) is 0 Å². The summed E-state index contributed by atoms with van der Waals surface area (Å²) in [6, 6.07) is 12.9. The maximum atomic E-state index is 12.2. The van der Waals surface area contributed by atoms with E-state index in [-0.39, 0.29) is 17.7 Å². The molecule has 0 fully saturated rings. The van der Waals surface area contributed by atoms with Gasteiger partial charge in [-0.25, -0.2) is 0 Å². The Morgan fingerprint density at radius 1 is 1.26 bits per heavy atom. The average Bonchev–Trinajstić information content (AvgIpc) is 2.54. The summed E-state index contributed by atoms with van der Waals surface area (Å²) in [5.74, 6) is 0.946. The predicted octanol–water partition coefficient (Wildman–Crippen LogP) is 3.52. The van der Waals surface area contributed by atoms with Gasteiger partial charge in [-0.05, 0) is 38.0 Å². The number of benzene rings is 2. The zero-order chi connectivity index (χ0) is 16.8. The molecule has 1 unspecified atom stereocenters. The second-order valence-electron chi connectivity index (χ2n) is 5.66. The predicted molar refractivity (Wildman–Crippen MR) is 90.7 cm³/mol. The van der Waals surface area contributed by atoms with Crippen molar-refractivity contribution < 1.29 is 14.6 Å². The summed E-state index contributed by atoms with van der Waals surface area (Å²) in [6.45, 7) is 3.95. The van der Waals surface area contributed by atoms with E-state index >= 15 is 0 Å². The van der Waals surface area contributed by atoms with E-state index < -0.39 is 0 Å². The Morgan fingerprint density at radius 3 is 2.70 bits per heavy atom. The number of nitrogens with one attached hydrogen (secondary N) is 1. The monoisotopic (exact) mass is 313 g/mol. The van der Waals surface area contributed by atoms with Gasteiger partial charge < -0.3 is 15.2 Å². The highest BCUT2D eigenvalue weighted by Gasteiger charge is 2.14. The van der Waals surface area contributed by atoms with E-state index in [0.717, 1.165) is 22.4 Å². The lowest BCUT2D eigenvalue weighted by molar-refractivity contribution is -0.121. The van der Waals surface area contributed by atoms with Gasteiger partial charge in [0.2, 0.25) is 5.91 Å². The van der Waals surface area contributed by atoms with E-state index in [2.05, 4.69) is 5.32 Å². The minimum absolute atomic E-state index is 0.0516. The van der Waals surface area contributed by atoms with Crippen molar-refractivity contribution in [3.63, 3.8) is 0 Å². The molecule has 2 N–H and O–H groups in total. The van der Waals surface area contributed by atoms with Crippen molar-refractivity contribution in [3.8, 4) is 11.5 Å². The van der Waals surface area contributed by atoms with Crippen molar-refractivity contribution in [1.82, 2.24) is 5.32 Å². The Morgan fingerprint density at radius 2 is 2.00 bits per heavy atom. The normalized spacial score (nSPS) is 11.8. The van der Waals surface area contributed by atoms with Crippen molar-refractivity contribution in [2.45, 2.75) is 32.7 Å². The number of phenolic OH excluding ortho intramolecular Hbond substituents is 1. The largest absolute Gasteiger partial charge is 0.508 e. The third-order valence-electron chi connectivity index (χ3n) is 3.84. The summed E-state index contributed by atoms with van der Waals surface area (Å²) in [7, 11) is 1.63. The van der Waals surface area contributed by atoms with Crippen molar-refractivity contribution in [1.29, 1.82) is 0 Å². The van der Waals surface area contributed by atoms with Crippen molar-refractivity contribution in [2.24, 2.45) is 0 Å². The number of carbonyl (C=O) groups excluding carboxylic acids is 1. The van der Waals surface area contributed by atoms with Gasteiger partial charge in [0.05, 0.1) is 13.2 Å². The first-order valence-electron chi connectivity index (χ1n) is 7.72. The summed E-state index contributed by atoms with van der Waals surface area (Å²) < 4.78 is 5.36. The van der Waals surface area contributed by atoms with E-state index in [1.165, 1.54) is 0 Å². The van der Waals surface area contributed by atoms with Crippen LogP contribution in [0.1, 0.15) is 36.1 Å². The van der Waals surface area contributed by atoms with E-state index in [1.807, 2.05) is 44.2 Å². The number of hydrogen-bond acceptors (Lipinski definition) is 3. The van der Waals surface area contributed by atoms with Gasteiger partial charge in [-0.2, -0.15) is 0 Å². The fourth-order valence-corrected chi connectivity index (χ4v) is 2.55. The number of methoxy groups -OCH3 is 1. The van der Waals surface area contributed by atoms with Gasteiger partial charge in [-0.1, -0.05) is 35.9 Å². The molecule has 23 heavy (non-hydrogen) atoms. The first-order valence-corrected chi connectivity index (χ1v) is 7.72. The fraction of sp³-hybridized carbons (Fsp3) is 0.316. The molecule has 1 atom stereocenters. The Balaban J connectivity index is 1.97. The molecule has 0 aliphatic rings. The van der Waals surface area contributed by atoms with E-state index in [9.17, 15) is 9.90 Å². The lowest BCUT2D eigenvalue weighted by Crippen LogP contribution is -2.27. The van der Waals surface area contributed by atoms with Crippen molar-refractivity contribution >= 4 is 5.91 Å². The van der Waals surface area contributed by atoms with Crippen molar-refractivity contribution in [3.05, 3.63) is 59.2 Å². The summed E-state index contributed by atoms with van der Waals surface area (Å²) in [5, 5.41) is 12.7. The summed E-state index contributed by atoms with van der Waals surface area (Å²) in [4.78, 5) is 12.2. The highest BCUT2D eigenvalue weighted by atomic mass is 16.5. The standard InChI is InChI=1S/C19H23NO3/c1-13-8-10-18(23-3)16(12-13)14(2)20-19(22)11-9-15-6-4-5-7-17(15)21/h4-8,10,12,14,21H,9,11H2,1-3H3,(H,20,22). The molecule has 2 aromatic rings. The third kappa shape index (κ3) is 4.49. The van der Waals surface area contributed by atoms with Gasteiger partial charge in [-0.3, -0.25) is 4.79 Å². The van der Waals surface area contributed by atoms with Crippen LogP contribution in [0.4, 0.5) is 0 Å². The Bertz CT molecular complexity index is 682. The zero-order valence-electron chi connectivity index (χ0n) is 13.8. The van der Waals surface area contributed by atoms with E-state index in [1.54, 1.807) is 19.2 Å². The number of aromatic hydroxyl groups is 1. The van der Waals surface area contributed by atoms with Crippen LogP contribution in [0.25, 0.3) is 0 Å². The van der Waals surface area contributed by atoms with Crippen LogP contribution in [0, 0.1) is 6.92 Å². The van der Waals surface area contributed by atoms with Gasteiger partial charge in [0, 0.05) is 12.0 Å². The topological polar surface area (TPSA) is 58.6 Å². The summed E-state index contributed by atoms with van der Waals surface area (Å²) in [6.07, 6.45) is 0.840. The zero-order valence-corrected chi connectivity index (χ0v) is 13.8. The van der Waals surface area contributed by atoms with Gasteiger partial charge in [0.25, 0.3) is 0 Å². The number of phenols is 1. The second-order valence-corrected chi connectivity index (χ2v) is 5.66. The molecule has 0 bridgehead atoms. The molecule has 2 aromatic carbocycles. The number of hydrogen-bond donors (Lipinski definition) is 2. The van der Waals surface area contributed by atoms with Crippen LogP contribution >= 0.6 is 0 Å². The number of rotatable bonds is 6. The summed E-state index contributed by atoms with van der Waals surface area (Å²) >= 11 is 0. The van der Waals surface area contributed by atoms with Crippen LogP contribution in [0.2, 0.25) is 0 Å². The Kier molecular flexibility index (Phi) is 5.63. The number of aryl methyl sites for hydroxylation is 2. The average molecular weight is 313 g/mol. The molecular formula is C19H23NO3. The van der Waals surface area contributed by atoms with Gasteiger partial charge in [0.1, 0.15) is 11.5 Å². The van der Waals surface area contributed by atoms with E-state index in [4.69, 9.17) is 4.74 Å². The first kappa shape index (κ1) is 16.9. The van der Waals surface area contributed by atoms with Gasteiger partial charge >= 0.3 is 0 Å². The molecule has 4 nitrogen and oxygen atoms in total. The van der Waals surface area contributed by atoms with Gasteiger partial charge in [-0.15, -0.1) is 0 Å².